The number of hydrogen-bond acceptors (Lipinski definition) is 5. The molecular weight excluding hydrogens is 302 g/mol. The van der Waals surface area contributed by atoms with E-state index in [0.717, 1.165) is 23.2 Å². The summed E-state index contributed by atoms with van der Waals surface area (Å²) in [4.78, 5) is 4.32. The fourth-order valence-electron chi connectivity index (χ4n) is 2.24. The Morgan fingerprint density at radius 2 is 2.23 bits per heavy atom. The third kappa shape index (κ3) is 3.12. The van der Waals surface area contributed by atoms with Gasteiger partial charge in [-0.2, -0.15) is 10.1 Å². The van der Waals surface area contributed by atoms with Crippen LogP contribution >= 0.6 is 11.6 Å². The Kier molecular flexibility index (Phi) is 4.11. The Morgan fingerprint density at radius 3 is 3.00 bits per heavy atom. The van der Waals surface area contributed by atoms with Crippen molar-refractivity contribution in [2.45, 2.75) is 19.9 Å². The van der Waals surface area contributed by atoms with Gasteiger partial charge in [-0.3, -0.25) is 4.68 Å². The molecule has 0 saturated carbocycles. The van der Waals surface area contributed by atoms with Gasteiger partial charge in [0.2, 0.25) is 5.82 Å². The average Bonchev–Trinajstić information content (AvgIpc) is 3.11. The van der Waals surface area contributed by atoms with Gasteiger partial charge >= 0.3 is 6.01 Å². The molecule has 0 amide bonds. The van der Waals surface area contributed by atoms with Gasteiger partial charge in [0.05, 0.1) is 5.69 Å². The molecule has 0 spiro atoms. The quantitative estimate of drug-likeness (QED) is 0.782. The second-order valence-electron chi connectivity index (χ2n) is 4.92. The monoisotopic (exact) mass is 317 g/mol. The molecule has 0 aliphatic heterocycles. The molecule has 1 aromatic carbocycles. The smallest absolute Gasteiger partial charge is 0.322 e. The van der Waals surface area contributed by atoms with E-state index in [1.807, 2.05) is 25.4 Å². The molecule has 0 atom stereocenters. The number of anilines is 1. The van der Waals surface area contributed by atoms with Crippen molar-refractivity contribution >= 4 is 17.6 Å². The SMILES string of the molecule is CCc1nn(C)cc1CNc1nc(-c2cccc(Cl)c2)no1. The summed E-state index contributed by atoms with van der Waals surface area (Å²) in [6.45, 7) is 2.67. The highest BCUT2D eigenvalue weighted by molar-refractivity contribution is 6.30. The molecule has 0 fully saturated rings. The first-order valence-electron chi connectivity index (χ1n) is 7.00. The van der Waals surface area contributed by atoms with Crippen LogP contribution in [0.2, 0.25) is 5.02 Å². The molecule has 6 nitrogen and oxygen atoms in total. The number of nitrogens with zero attached hydrogens (tertiary/aromatic N) is 4. The largest absolute Gasteiger partial charge is 0.334 e. The van der Waals surface area contributed by atoms with Gasteiger partial charge in [-0.15, -0.1) is 0 Å². The zero-order valence-electron chi connectivity index (χ0n) is 12.4. The van der Waals surface area contributed by atoms with Crippen LogP contribution in [0, 0.1) is 0 Å². The maximum Gasteiger partial charge on any atom is 0.322 e. The molecule has 0 saturated heterocycles. The minimum Gasteiger partial charge on any atom is -0.334 e. The molecule has 0 aliphatic carbocycles. The summed E-state index contributed by atoms with van der Waals surface area (Å²) in [6, 6.07) is 7.72. The Hall–Kier alpha value is -2.34. The lowest BCUT2D eigenvalue weighted by molar-refractivity contribution is 0.432. The van der Waals surface area contributed by atoms with E-state index in [4.69, 9.17) is 16.1 Å². The highest BCUT2D eigenvalue weighted by Crippen LogP contribution is 2.21. The lowest BCUT2D eigenvalue weighted by Crippen LogP contribution is -2.01. The van der Waals surface area contributed by atoms with Crippen molar-refractivity contribution in [3.05, 3.63) is 46.7 Å². The van der Waals surface area contributed by atoms with Crippen molar-refractivity contribution < 1.29 is 4.52 Å². The molecule has 0 unspecified atom stereocenters. The maximum absolute atomic E-state index is 5.97. The Labute approximate surface area is 133 Å². The van der Waals surface area contributed by atoms with Crippen molar-refractivity contribution in [1.82, 2.24) is 19.9 Å². The van der Waals surface area contributed by atoms with Crippen molar-refractivity contribution in [2.24, 2.45) is 7.05 Å². The number of halogens is 1. The highest BCUT2D eigenvalue weighted by atomic mass is 35.5. The van der Waals surface area contributed by atoms with Crippen LogP contribution in [0.15, 0.2) is 35.0 Å². The van der Waals surface area contributed by atoms with E-state index in [9.17, 15) is 0 Å². The van der Waals surface area contributed by atoms with Crippen molar-refractivity contribution in [3.8, 4) is 11.4 Å². The minimum atomic E-state index is 0.376. The number of aromatic nitrogens is 4. The fraction of sp³-hybridized carbons (Fsp3) is 0.267. The van der Waals surface area contributed by atoms with E-state index in [0.29, 0.717) is 23.4 Å². The van der Waals surface area contributed by atoms with E-state index in [-0.39, 0.29) is 0 Å². The summed E-state index contributed by atoms with van der Waals surface area (Å²) >= 11 is 5.97. The zero-order chi connectivity index (χ0) is 15.5. The summed E-state index contributed by atoms with van der Waals surface area (Å²) in [6.07, 6.45) is 2.87. The van der Waals surface area contributed by atoms with Crippen LogP contribution in [0.4, 0.5) is 6.01 Å². The molecule has 0 aliphatic rings. The molecule has 3 rings (SSSR count). The van der Waals surface area contributed by atoms with E-state index < -0.39 is 0 Å². The third-order valence-electron chi connectivity index (χ3n) is 3.27. The summed E-state index contributed by atoms with van der Waals surface area (Å²) in [7, 11) is 1.91. The molecule has 7 heteroatoms. The van der Waals surface area contributed by atoms with Crippen LogP contribution in [0.5, 0.6) is 0 Å². The van der Waals surface area contributed by atoms with Gasteiger partial charge in [-0.25, -0.2) is 0 Å². The predicted molar refractivity (Wildman–Crippen MR) is 84.7 cm³/mol. The van der Waals surface area contributed by atoms with Gasteiger partial charge in [0.1, 0.15) is 0 Å². The van der Waals surface area contributed by atoms with Crippen LogP contribution in [0.25, 0.3) is 11.4 Å². The van der Waals surface area contributed by atoms with Gasteiger partial charge < -0.3 is 9.84 Å². The van der Waals surface area contributed by atoms with E-state index in [1.165, 1.54) is 0 Å². The topological polar surface area (TPSA) is 68.8 Å². The van der Waals surface area contributed by atoms with Crippen molar-refractivity contribution in [2.75, 3.05) is 5.32 Å². The minimum absolute atomic E-state index is 0.376. The predicted octanol–water partition coefficient (Wildman–Crippen LogP) is 3.30. The Bertz CT molecular complexity index is 780. The molecular formula is C15H16ClN5O. The Balaban J connectivity index is 1.72. The van der Waals surface area contributed by atoms with Gasteiger partial charge in [-0.05, 0) is 18.6 Å². The average molecular weight is 318 g/mol. The van der Waals surface area contributed by atoms with Crippen LogP contribution in [-0.4, -0.2) is 19.9 Å². The molecule has 3 aromatic rings. The molecule has 22 heavy (non-hydrogen) atoms. The van der Waals surface area contributed by atoms with Crippen LogP contribution in [-0.2, 0) is 20.0 Å². The molecule has 0 bridgehead atoms. The second kappa shape index (κ2) is 6.19. The van der Waals surface area contributed by atoms with Gasteiger partial charge in [0.15, 0.2) is 0 Å². The normalized spacial score (nSPS) is 10.9. The third-order valence-corrected chi connectivity index (χ3v) is 3.50. The lowest BCUT2D eigenvalue weighted by Gasteiger charge is -1.99. The summed E-state index contributed by atoms with van der Waals surface area (Å²) in [5.74, 6) is 0.506. The van der Waals surface area contributed by atoms with Crippen LogP contribution in [0.3, 0.4) is 0 Å². The molecule has 2 aromatic heterocycles. The van der Waals surface area contributed by atoms with Gasteiger partial charge in [0, 0.05) is 35.9 Å². The second-order valence-corrected chi connectivity index (χ2v) is 5.35. The van der Waals surface area contributed by atoms with Crippen molar-refractivity contribution in [3.63, 3.8) is 0 Å². The standard InChI is InChI=1S/C15H16ClN5O/c1-3-13-11(9-21(2)19-13)8-17-15-18-14(20-22-15)10-5-4-6-12(16)7-10/h4-7,9H,3,8H2,1-2H3,(H,17,18,20). The molecule has 114 valence electrons. The van der Waals surface area contributed by atoms with E-state index in [2.05, 4.69) is 27.5 Å². The lowest BCUT2D eigenvalue weighted by atomic mass is 10.2. The van der Waals surface area contributed by atoms with Crippen molar-refractivity contribution in [1.29, 1.82) is 0 Å². The number of aryl methyl sites for hydroxylation is 2. The zero-order valence-corrected chi connectivity index (χ0v) is 13.1. The number of nitrogens with one attached hydrogen (secondary N) is 1. The first-order chi connectivity index (χ1) is 10.7. The van der Waals surface area contributed by atoms with Gasteiger partial charge in [-0.1, -0.05) is 35.8 Å². The maximum atomic E-state index is 5.97. The molecule has 2 heterocycles. The first-order valence-corrected chi connectivity index (χ1v) is 7.38. The highest BCUT2D eigenvalue weighted by Gasteiger charge is 2.10. The number of benzene rings is 1. The fourth-order valence-corrected chi connectivity index (χ4v) is 2.43. The number of hydrogen-bond donors (Lipinski definition) is 1. The summed E-state index contributed by atoms with van der Waals surface area (Å²) in [5, 5.41) is 12.1. The summed E-state index contributed by atoms with van der Waals surface area (Å²) in [5.41, 5.74) is 3.00. The summed E-state index contributed by atoms with van der Waals surface area (Å²) < 4.78 is 7.03. The molecule has 0 radical (unpaired) electrons. The number of rotatable bonds is 5. The van der Waals surface area contributed by atoms with Crippen LogP contribution < -0.4 is 5.32 Å². The van der Waals surface area contributed by atoms with E-state index >= 15 is 0 Å². The first kappa shape index (κ1) is 14.6. The van der Waals surface area contributed by atoms with Crippen LogP contribution in [0.1, 0.15) is 18.2 Å². The Morgan fingerprint density at radius 1 is 1.36 bits per heavy atom. The molecule has 1 N–H and O–H groups in total. The van der Waals surface area contributed by atoms with Gasteiger partial charge in [0.25, 0.3) is 0 Å². The van der Waals surface area contributed by atoms with E-state index in [1.54, 1.807) is 16.8 Å².